The molecule has 0 spiro atoms. The lowest BCUT2D eigenvalue weighted by Gasteiger charge is -1.97. The number of thiophene rings is 2. The summed E-state index contributed by atoms with van der Waals surface area (Å²) in [5.74, 6) is 1.63. The first-order valence-electron chi connectivity index (χ1n) is 7.25. The molecule has 6 heteroatoms. The highest BCUT2D eigenvalue weighted by Gasteiger charge is 2.15. The van der Waals surface area contributed by atoms with Gasteiger partial charge in [0.15, 0.2) is 0 Å². The lowest BCUT2D eigenvalue weighted by molar-refractivity contribution is 0.415. The van der Waals surface area contributed by atoms with E-state index < -0.39 is 10.8 Å². The smallest absolute Gasteiger partial charge is 0.120 e. The molecule has 2 aromatic carbocycles. The zero-order valence-corrected chi connectivity index (χ0v) is 15.5. The summed E-state index contributed by atoms with van der Waals surface area (Å²) in [6.45, 7) is 0. The average molecular weight is 375 g/mol. The summed E-state index contributed by atoms with van der Waals surface area (Å²) in [4.78, 5) is 0. The molecule has 0 atom stereocenters. The molecule has 0 aliphatic heterocycles. The van der Waals surface area contributed by atoms with Gasteiger partial charge in [-0.05, 0) is 59.3 Å². The van der Waals surface area contributed by atoms with Crippen molar-refractivity contribution in [1.82, 2.24) is 0 Å². The van der Waals surface area contributed by atoms with Crippen LogP contribution in [0.1, 0.15) is 0 Å². The van der Waals surface area contributed by atoms with Gasteiger partial charge in [0.05, 0.1) is 22.6 Å². The highest BCUT2D eigenvalue weighted by Crippen LogP contribution is 2.37. The Kier molecular flexibility index (Phi) is 4.04. The van der Waals surface area contributed by atoms with Gasteiger partial charge in [0.2, 0.25) is 0 Å². The molecule has 122 valence electrons. The first-order chi connectivity index (χ1) is 11.7. The van der Waals surface area contributed by atoms with Crippen LogP contribution in [0.4, 0.5) is 0 Å². The minimum absolute atomic E-state index is 0.815. The Morgan fingerprint density at radius 1 is 0.750 bits per heavy atom. The van der Waals surface area contributed by atoms with Gasteiger partial charge in [-0.1, -0.05) is 0 Å². The third kappa shape index (κ3) is 2.70. The predicted octanol–water partition coefficient (Wildman–Crippen LogP) is 5.30. The summed E-state index contributed by atoms with van der Waals surface area (Å²) < 4.78 is 27.4. The van der Waals surface area contributed by atoms with Gasteiger partial charge in [-0.2, -0.15) is 0 Å². The van der Waals surface area contributed by atoms with E-state index in [1.165, 1.54) is 0 Å². The molecule has 0 bridgehead atoms. The second-order valence-electron chi connectivity index (χ2n) is 5.21. The van der Waals surface area contributed by atoms with Gasteiger partial charge in [-0.25, -0.2) is 4.21 Å². The number of hydrogen-bond donors (Lipinski definition) is 0. The van der Waals surface area contributed by atoms with Crippen LogP contribution in [-0.4, -0.2) is 18.4 Å². The lowest BCUT2D eigenvalue weighted by atomic mass is 10.2. The highest BCUT2D eigenvalue weighted by molar-refractivity contribution is 7.89. The van der Waals surface area contributed by atoms with Crippen molar-refractivity contribution in [1.29, 1.82) is 0 Å². The molecule has 0 amide bonds. The Balaban J connectivity index is 1.75. The molecule has 0 unspecified atom stereocenters. The molecule has 4 aromatic rings. The van der Waals surface area contributed by atoms with Crippen LogP contribution in [0.3, 0.4) is 0 Å². The fourth-order valence-electron chi connectivity index (χ4n) is 2.51. The Morgan fingerprint density at radius 2 is 1.21 bits per heavy atom. The number of rotatable bonds is 4. The summed E-state index contributed by atoms with van der Waals surface area (Å²) in [7, 11) is 2.13. The van der Waals surface area contributed by atoms with Crippen molar-refractivity contribution >= 4 is 53.6 Å². The van der Waals surface area contributed by atoms with Crippen LogP contribution in [0, 0.1) is 0 Å². The van der Waals surface area contributed by atoms with E-state index in [9.17, 15) is 4.21 Å². The van der Waals surface area contributed by atoms with Gasteiger partial charge in [0, 0.05) is 9.40 Å². The van der Waals surface area contributed by atoms with Crippen molar-refractivity contribution in [2.75, 3.05) is 14.2 Å². The number of hydrogen-bond acceptors (Lipinski definition) is 5. The normalized spacial score (nSPS) is 11.5. The molecule has 0 aliphatic carbocycles. The molecule has 0 saturated carbocycles. The van der Waals surface area contributed by atoms with Crippen LogP contribution in [0.15, 0.2) is 56.9 Å². The number of fused-ring (bicyclic) bond motifs is 2. The fourth-order valence-corrected chi connectivity index (χ4v) is 6.66. The highest BCUT2D eigenvalue weighted by atomic mass is 32.2. The molecule has 3 nitrogen and oxygen atoms in total. The molecule has 4 rings (SSSR count). The van der Waals surface area contributed by atoms with Gasteiger partial charge < -0.3 is 9.47 Å². The quantitative estimate of drug-likeness (QED) is 0.486. The SMILES string of the molecule is COc1ccc2cc(S(=O)c3cc4ccc(OC)cc4s3)sc2c1. The summed E-state index contributed by atoms with van der Waals surface area (Å²) in [5, 5.41) is 2.18. The van der Waals surface area contributed by atoms with Crippen LogP contribution in [-0.2, 0) is 10.8 Å². The van der Waals surface area contributed by atoms with E-state index in [0.717, 1.165) is 40.1 Å². The molecule has 24 heavy (non-hydrogen) atoms. The third-order valence-electron chi connectivity index (χ3n) is 3.77. The fraction of sp³-hybridized carbons (Fsp3) is 0.111. The van der Waals surface area contributed by atoms with Crippen molar-refractivity contribution < 1.29 is 13.7 Å². The molecular weight excluding hydrogens is 360 g/mol. The first-order valence-corrected chi connectivity index (χ1v) is 10.0. The summed E-state index contributed by atoms with van der Waals surface area (Å²) in [5.41, 5.74) is 0. The molecular formula is C18H14O3S3. The largest absolute Gasteiger partial charge is 0.497 e. The molecule has 0 saturated heterocycles. The van der Waals surface area contributed by atoms with Crippen LogP contribution in [0.5, 0.6) is 11.5 Å². The second kappa shape index (κ2) is 6.20. The van der Waals surface area contributed by atoms with Crippen molar-refractivity contribution in [2.24, 2.45) is 0 Å². The maximum atomic E-state index is 13.0. The van der Waals surface area contributed by atoms with Crippen LogP contribution < -0.4 is 9.47 Å². The van der Waals surface area contributed by atoms with Crippen molar-refractivity contribution in [3.63, 3.8) is 0 Å². The Labute approximate surface area is 149 Å². The van der Waals surface area contributed by atoms with E-state index in [1.54, 1.807) is 36.9 Å². The van der Waals surface area contributed by atoms with Gasteiger partial charge in [-0.3, -0.25) is 0 Å². The van der Waals surface area contributed by atoms with Gasteiger partial charge in [-0.15, -0.1) is 22.7 Å². The minimum atomic E-state index is -1.17. The molecule has 0 aliphatic rings. The lowest BCUT2D eigenvalue weighted by Crippen LogP contribution is -1.83. The van der Waals surface area contributed by atoms with Crippen LogP contribution in [0.25, 0.3) is 20.2 Å². The molecule has 2 aromatic heterocycles. The Bertz CT molecular complexity index is 978. The van der Waals surface area contributed by atoms with Crippen LogP contribution >= 0.6 is 22.7 Å². The molecule has 0 radical (unpaired) electrons. The summed E-state index contributed by atoms with van der Waals surface area (Å²) >= 11 is 3.10. The average Bonchev–Trinajstić information content (AvgIpc) is 3.23. The van der Waals surface area contributed by atoms with Crippen LogP contribution in [0.2, 0.25) is 0 Å². The van der Waals surface area contributed by atoms with E-state index >= 15 is 0 Å². The third-order valence-corrected chi connectivity index (χ3v) is 7.93. The van der Waals surface area contributed by atoms with Crippen molar-refractivity contribution in [2.45, 2.75) is 8.42 Å². The number of methoxy groups -OCH3 is 2. The van der Waals surface area contributed by atoms with Crippen molar-refractivity contribution in [3.8, 4) is 11.5 Å². The summed E-state index contributed by atoms with van der Waals surface area (Å²) in [6, 6.07) is 15.8. The van der Waals surface area contributed by atoms with Gasteiger partial charge in [0.25, 0.3) is 0 Å². The van der Waals surface area contributed by atoms with E-state index in [4.69, 9.17) is 9.47 Å². The van der Waals surface area contributed by atoms with E-state index in [-0.39, 0.29) is 0 Å². The Morgan fingerprint density at radius 3 is 1.62 bits per heavy atom. The van der Waals surface area contributed by atoms with E-state index in [1.807, 2.05) is 48.5 Å². The monoisotopic (exact) mass is 374 g/mol. The zero-order valence-electron chi connectivity index (χ0n) is 13.1. The van der Waals surface area contributed by atoms with E-state index in [2.05, 4.69) is 0 Å². The maximum Gasteiger partial charge on any atom is 0.120 e. The predicted molar refractivity (Wildman–Crippen MR) is 101 cm³/mol. The topological polar surface area (TPSA) is 35.5 Å². The maximum absolute atomic E-state index is 13.0. The molecule has 0 N–H and O–H groups in total. The minimum Gasteiger partial charge on any atom is -0.497 e. The second-order valence-corrected chi connectivity index (χ2v) is 9.31. The summed E-state index contributed by atoms with van der Waals surface area (Å²) in [6.07, 6.45) is 0. The number of ether oxygens (including phenoxy) is 2. The Hall–Kier alpha value is -1.89. The standard InChI is InChI=1S/C18H14O3S3/c1-20-13-5-3-11-7-17(22-15(11)9-13)24(19)18-8-12-4-6-14(21-2)10-16(12)23-18/h3-10H,1-2H3. The van der Waals surface area contributed by atoms with Crippen molar-refractivity contribution in [3.05, 3.63) is 48.5 Å². The number of benzene rings is 2. The first kappa shape index (κ1) is 15.6. The van der Waals surface area contributed by atoms with Gasteiger partial charge in [0.1, 0.15) is 22.3 Å². The molecule has 0 fully saturated rings. The zero-order chi connectivity index (χ0) is 16.7. The molecule has 2 heterocycles. The van der Waals surface area contributed by atoms with E-state index in [0.29, 0.717) is 0 Å². The van der Waals surface area contributed by atoms with Gasteiger partial charge >= 0.3 is 0 Å².